The fourth-order valence-corrected chi connectivity index (χ4v) is 1.90. The van der Waals surface area contributed by atoms with E-state index >= 15 is 0 Å². The van der Waals surface area contributed by atoms with Crippen LogP contribution in [0.4, 0.5) is 0 Å². The summed E-state index contributed by atoms with van der Waals surface area (Å²) in [7, 11) is 0. The predicted octanol–water partition coefficient (Wildman–Crippen LogP) is 3.56. The van der Waals surface area contributed by atoms with Crippen LogP contribution in [0.3, 0.4) is 0 Å². The van der Waals surface area contributed by atoms with Gasteiger partial charge in [0.15, 0.2) is 0 Å². The molecule has 0 unspecified atom stereocenters. The van der Waals surface area contributed by atoms with E-state index in [9.17, 15) is 4.79 Å². The lowest BCUT2D eigenvalue weighted by molar-refractivity contribution is -0.196. The first-order chi connectivity index (χ1) is 9.78. The number of carbonyl (C=O) groups is 1. The molecule has 20 heavy (non-hydrogen) atoms. The standard InChI is InChI=1S/C17H19NO2/c1-2-17(19)20-18(13-15-9-5-3-6-10-15)14-16-11-7-4-8-12-16/h3-12H,2,13-14H2,1H3. The molecule has 0 saturated carbocycles. The zero-order chi connectivity index (χ0) is 14.2. The molecule has 0 spiro atoms. The highest BCUT2D eigenvalue weighted by atomic mass is 16.7. The Hall–Kier alpha value is -2.13. The Morgan fingerprint density at radius 2 is 1.35 bits per heavy atom. The maximum Gasteiger partial charge on any atom is 0.324 e. The van der Waals surface area contributed by atoms with Crippen molar-refractivity contribution < 1.29 is 9.63 Å². The van der Waals surface area contributed by atoms with Gasteiger partial charge < -0.3 is 4.84 Å². The molecule has 3 heteroatoms. The summed E-state index contributed by atoms with van der Waals surface area (Å²) in [5, 5.41) is 1.70. The zero-order valence-electron chi connectivity index (χ0n) is 11.7. The Morgan fingerprint density at radius 3 is 1.75 bits per heavy atom. The van der Waals surface area contributed by atoms with Gasteiger partial charge in [-0.3, -0.25) is 4.79 Å². The van der Waals surface area contributed by atoms with E-state index in [0.29, 0.717) is 19.5 Å². The summed E-state index contributed by atoms with van der Waals surface area (Å²) in [5.41, 5.74) is 2.24. The topological polar surface area (TPSA) is 29.5 Å². The monoisotopic (exact) mass is 269 g/mol. The first-order valence-corrected chi connectivity index (χ1v) is 6.81. The van der Waals surface area contributed by atoms with Crippen LogP contribution in [0.25, 0.3) is 0 Å². The molecule has 2 aromatic carbocycles. The second-order valence-electron chi connectivity index (χ2n) is 4.59. The van der Waals surface area contributed by atoms with Gasteiger partial charge in [-0.25, -0.2) is 0 Å². The van der Waals surface area contributed by atoms with Crippen LogP contribution >= 0.6 is 0 Å². The fourth-order valence-electron chi connectivity index (χ4n) is 1.90. The first kappa shape index (κ1) is 14.3. The molecule has 0 aliphatic carbocycles. The van der Waals surface area contributed by atoms with Crippen molar-refractivity contribution in [2.75, 3.05) is 0 Å². The Bertz CT molecular complexity index is 484. The molecule has 0 N–H and O–H groups in total. The molecule has 3 nitrogen and oxygen atoms in total. The summed E-state index contributed by atoms with van der Waals surface area (Å²) in [6.07, 6.45) is 0.375. The number of carbonyl (C=O) groups excluding carboxylic acids is 1. The maximum absolute atomic E-state index is 11.5. The van der Waals surface area contributed by atoms with Crippen LogP contribution < -0.4 is 0 Å². The van der Waals surface area contributed by atoms with Gasteiger partial charge in [-0.15, -0.1) is 5.06 Å². The third kappa shape index (κ3) is 4.52. The SMILES string of the molecule is CCC(=O)ON(Cc1ccccc1)Cc1ccccc1. The number of hydroxylamine groups is 2. The normalized spacial score (nSPS) is 10.5. The molecule has 0 radical (unpaired) electrons. The molecule has 0 aliphatic heterocycles. The van der Waals surface area contributed by atoms with Crippen molar-refractivity contribution in [1.29, 1.82) is 0 Å². The van der Waals surface area contributed by atoms with E-state index in [-0.39, 0.29) is 5.97 Å². The fraction of sp³-hybridized carbons (Fsp3) is 0.235. The number of benzene rings is 2. The molecule has 0 heterocycles. The van der Waals surface area contributed by atoms with Gasteiger partial charge in [0.1, 0.15) is 0 Å². The molecule has 0 bridgehead atoms. The van der Waals surface area contributed by atoms with Crippen molar-refractivity contribution in [2.45, 2.75) is 26.4 Å². The van der Waals surface area contributed by atoms with Gasteiger partial charge in [0.2, 0.25) is 0 Å². The quantitative estimate of drug-likeness (QED) is 0.751. The average Bonchev–Trinajstić information content (AvgIpc) is 2.49. The molecule has 0 fully saturated rings. The number of hydrogen-bond acceptors (Lipinski definition) is 3. The van der Waals surface area contributed by atoms with Crippen LogP contribution in [-0.4, -0.2) is 11.0 Å². The highest BCUT2D eigenvalue weighted by Crippen LogP contribution is 2.11. The number of rotatable bonds is 6. The average molecular weight is 269 g/mol. The predicted molar refractivity (Wildman–Crippen MR) is 78.5 cm³/mol. The van der Waals surface area contributed by atoms with E-state index in [1.54, 1.807) is 12.0 Å². The summed E-state index contributed by atoms with van der Waals surface area (Å²) in [4.78, 5) is 16.9. The first-order valence-electron chi connectivity index (χ1n) is 6.81. The van der Waals surface area contributed by atoms with E-state index in [0.717, 1.165) is 11.1 Å². The van der Waals surface area contributed by atoms with Crippen LogP contribution in [0.5, 0.6) is 0 Å². The third-order valence-electron chi connectivity index (χ3n) is 2.92. The summed E-state index contributed by atoms with van der Waals surface area (Å²) in [6.45, 7) is 2.97. The molecular weight excluding hydrogens is 250 g/mol. The Kier molecular flexibility index (Phi) is 5.33. The molecule has 0 saturated heterocycles. The van der Waals surface area contributed by atoms with Gasteiger partial charge in [0.25, 0.3) is 0 Å². The number of hydrogen-bond donors (Lipinski definition) is 0. The minimum Gasteiger partial charge on any atom is -0.367 e. The van der Waals surface area contributed by atoms with Crippen molar-refractivity contribution in [3.63, 3.8) is 0 Å². The Balaban J connectivity index is 2.06. The summed E-state index contributed by atoms with van der Waals surface area (Å²) >= 11 is 0. The smallest absolute Gasteiger partial charge is 0.324 e. The second-order valence-corrected chi connectivity index (χ2v) is 4.59. The summed E-state index contributed by atoms with van der Waals surface area (Å²) in [5.74, 6) is -0.211. The Labute approximate surface area is 119 Å². The van der Waals surface area contributed by atoms with Crippen LogP contribution in [0, 0.1) is 0 Å². The van der Waals surface area contributed by atoms with Gasteiger partial charge in [0.05, 0.1) is 13.1 Å². The molecule has 0 aromatic heterocycles. The Morgan fingerprint density at radius 1 is 0.900 bits per heavy atom. The highest BCUT2D eigenvalue weighted by Gasteiger charge is 2.11. The molecule has 2 rings (SSSR count). The van der Waals surface area contributed by atoms with E-state index in [4.69, 9.17) is 4.84 Å². The minimum atomic E-state index is -0.211. The van der Waals surface area contributed by atoms with Crippen LogP contribution in [-0.2, 0) is 22.7 Å². The summed E-state index contributed by atoms with van der Waals surface area (Å²) in [6, 6.07) is 20.0. The van der Waals surface area contributed by atoms with Crippen LogP contribution in [0.1, 0.15) is 24.5 Å². The van der Waals surface area contributed by atoms with E-state index in [2.05, 4.69) is 0 Å². The van der Waals surface area contributed by atoms with Crippen molar-refractivity contribution >= 4 is 5.97 Å². The second kappa shape index (κ2) is 7.46. The number of nitrogens with zero attached hydrogens (tertiary/aromatic N) is 1. The maximum atomic E-state index is 11.5. The molecule has 0 atom stereocenters. The zero-order valence-corrected chi connectivity index (χ0v) is 11.7. The van der Waals surface area contributed by atoms with Gasteiger partial charge >= 0.3 is 5.97 Å². The minimum absolute atomic E-state index is 0.211. The van der Waals surface area contributed by atoms with Gasteiger partial charge in [0, 0.05) is 6.42 Å². The lowest BCUT2D eigenvalue weighted by Crippen LogP contribution is -2.26. The molecule has 0 aliphatic rings. The van der Waals surface area contributed by atoms with Crippen LogP contribution in [0.15, 0.2) is 60.7 Å². The molecule has 104 valence electrons. The van der Waals surface area contributed by atoms with E-state index in [1.807, 2.05) is 60.7 Å². The van der Waals surface area contributed by atoms with E-state index < -0.39 is 0 Å². The van der Waals surface area contributed by atoms with Crippen molar-refractivity contribution in [3.05, 3.63) is 71.8 Å². The van der Waals surface area contributed by atoms with E-state index in [1.165, 1.54) is 0 Å². The van der Waals surface area contributed by atoms with Crippen molar-refractivity contribution in [3.8, 4) is 0 Å². The van der Waals surface area contributed by atoms with Gasteiger partial charge in [-0.1, -0.05) is 67.6 Å². The van der Waals surface area contributed by atoms with Gasteiger partial charge in [-0.2, -0.15) is 0 Å². The van der Waals surface area contributed by atoms with Crippen molar-refractivity contribution in [2.24, 2.45) is 0 Å². The molecule has 0 amide bonds. The van der Waals surface area contributed by atoms with Crippen LogP contribution in [0.2, 0.25) is 0 Å². The lowest BCUT2D eigenvalue weighted by atomic mass is 10.2. The van der Waals surface area contributed by atoms with Gasteiger partial charge in [-0.05, 0) is 11.1 Å². The summed E-state index contributed by atoms with van der Waals surface area (Å²) < 4.78 is 0. The highest BCUT2D eigenvalue weighted by molar-refractivity contribution is 5.68. The molecular formula is C17H19NO2. The van der Waals surface area contributed by atoms with Crippen molar-refractivity contribution in [1.82, 2.24) is 5.06 Å². The third-order valence-corrected chi connectivity index (χ3v) is 2.92. The lowest BCUT2D eigenvalue weighted by Gasteiger charge is -2.21. The molecule has 2 aromatic rings. The largest absolute Gasteiger partial charge is 0.367 e.